The zero-order valence-corrected chi connectivity index (χ0v) is 7.63. The van der Waals surface area contributed by atoms with E-state index in [1.807, 2.05) is 0 Å². The minimum Gasteiger partial charge on any atom is -0.266 e. The van der Waals surface area contributed by atoms with Crippen molar-refractivity contribution in [1.29, 1.82) is 0 Å². The maximum atomic E-state index is 11.1. The standard InChI is InChI=1S/C5H5ClN2O3S/c1-8-5(9)4(2-3-7-8)12(6,10)11/h2-3H,1H3. The van der Waals surface area contributed by atoms with Crippen LogP contribution in [-0.2, 0) is 16.1 Å². The second kappa shape index (κ2) is 2.87. The highest BCUT2D eigenvalue weighted by Crippen LogP contribution is 2.07. The molecule has 0 saturated heterocycles. The Morgan fingerprint density at radius 3 is 2.58 bits per heavy atom. The molecule has 0 fully saturated rings. The minimum atomic E-state index is -3.96. The van der Waals surface area contributed by atoms with E-state index in [2.05, 4.69) is 5.10 Å². The predicted molar refractivity (Wildman–Crippen MR) is 42.5 cm³/mol. The summed E-state index contributed by atoms with van der Waals surface area (Å²) in [6, 6.07) is 1.06. The lowest BCUT2D eigenvalue weighted by molar-refractivity contribution is 0.602. The van der Waals surface area contributed by atoms with Crippen molar-refractivity contribution in [2.45, 2.75) is 4.90 Å². The molecule has 0 unspecified atom stereocenters. The van der Waals surface area contributed by atoms with Crippen LogP contribution < -0.4 is 5.56 Å². The first kappa shape index (κ1) is 9.21. The van der Waals surface area contributed by atoms with Crippen molar-refractivity contribution in [3.8, 4) is 0 Å². The first-order chi connectivity index (χ1) is 5.43. The molecule has 0 N–H and O–H groups in total. The minimum absolute atomic E-state index is 0.457. The van der Waals surface area contributed by atoms with E-state index in [9.17, 15) is 13.2 Å². The van der Waals surface area contributed by atoms with Gasteiger partial charge in [0.25, 0.3) is 14.6 Å². The third-order valence-corrected chi connectivity index (χ3v) is 2.57. The van der Waals surface area contributed by atoms with Crippen LogP contribution in [0.5, 0.6) is 0 Å². The van der Waals surface area contributed by atoms with Gasteiger partial charge in [-0.1, -0.05) is 0 Å². The molecule has 0 atom stereocenters. The van der Waals surface area contributed by atoms with Crippen LogP contribution in [0.4, 0.5) is 0 Å². The molecule has 7 heteroatoms. The van der Waals surface area contributed by atoms with E-state index in [1.165, 1.54) is 13.2 Å². The van der Waals surface area contributed by atoms with Crippen molar-refractivity contribution in [3.05, 3.63) is 22.6 Å². The molecule has 0 aliphatic heterocycles. The Morgan fingerprint density at radius 1 is 1.58 bits per heavy atom. The molecule has 0 spiro atoms. The molecule has 1 rings (SSSR count). The molecular formula is C5H5ClN2O3S. The number of aromatic nitrogens is 2. The maximum Gasteiger partial charge on any atom is 0.286 e. The average molecular weight is 209 g/mol. The number of halogens is 1. The lowest BCUT2D eigenvalue weighted by Crippen LogP contribution is -2.23. The lowest BCUT2D eigenvalue weighted by atomic mass is 10.6. The van der Waals surface area contributed by atoms with E-state index < -0.39 is 19.5 Å². The Labute approximate surface area is 73.0 Å². The van der Waals surface area contributed by atoms with Gasteiger partial charge in [-0.15, -0.1) is 0 Å². The quantitative estimate of drug-likeness (QED) is 0.595. The molecule has 12 heavy (non-hydrogen) atoms. The molecule has 5 nitrogen and oxygen atoms in total. The SMILES string of the molecule is Cn1nccc(S(=O)(=O)Cl)c1=O. The zero-order chi connectivity index (χ0) is 9.35. The van der Waals surface area contributed by atoms with Crippen molar-refractivity contribution in [3.63, 3.8) is 0 Å². The fourth-order valence-corrected chi connectivity index (χ4v) is 1.59. The first-order valence-corrected chi connectivity index (χ1v) is 5.21. The molecule has 1 heterocycles. The highest BCUT2D eigenvalue weighted by atomic mass is 35.7. The van der Waals surface area contributed by atoms with E-state index in [-0.39, 0.29) is 0 Å². The highest BCUT2D eigenvalue weighted by molar-refractivity contribution is 8.13. The van der Waals surface area contributed by atoms with E-state index in [0.717, 1.165) is 10.7 Å². The first-order valence-electron chi connectivity index (χ1n) is 2.90. The van der Waals surface area contributed by atoms with Gasteiger partial charge in [0.1, 0.15) is 0 Å². The third kappa shape index (κ3) is 1.64. The number of aryl methyl sites for hydroxylation is 1. The van der Waals surface area contributed by atoms with Crippen LogP contribution >= 0.6 is 10.7 Å². The topological polar surface area (TPSA) is 69.0 Å². The summed E-state index contributed by atoms with van der Waals surface area (Å²) in [5, 5.41) is 3.53. The van der Waals surface area contributed by atoms with Gasteiger partial charge in [0.15, 0.2) is 4.90 Å². The van der Waals surface area contributed by atoms with Crippen molar-refractivity contribution in [2.24, 2.45) is 7.05 Å². The molecule has 0 bridgehead atoms. The van der Waals surface area contributed by atoms with Gasteiger partial charge in [-0.2, -0.15) is 5.10 Å². The fraction of sp³-hybridized carbons (Fsp3) is 0.200. The van der Waals surface area contributed by atoms with Gasteiger partial charge in [0.05, 0.1) is 0 Å². The van der Waals surface area contributed by atoms with E-state index in [0.29, 0.717) is 0 Å². The Balaban J connectivity index is 3.59. The third-order valence-electron chi connectivity index (χ3n) is 1.23. The summed E-state index contributed by atoms with van der Waals surface area (Å²) in [4.78, 5) is 10.6. The van der Waals surface area contributed by atoms with Gasteiger partial charge in [-0.05, 0) is 6.07 Å². The normalized spacial score (nSPS) is 11.5. The van der Waals surface area contributed by atoms with Crippen LogP contribution in [0.25, 0.3) is 0 Å². The van der Waals surface area contributed by atoms with Crippen molar-refractivity contribution >= 4 is 19.7 Å². The summed E-state index contributed by atoms with van der Waals surface area (Å²) in [5.41, 5.74) is -0.729. The van der Waals surface area contributed by atoms with E-state index in [4.69, 9.17) is 10.7 Å². The van der Waals surface area contributed by atoms with E-state index in [1.54, 1.807) is 0 Å². The number of rotatable bonds is 1. The average Bonchev–Trinajstić information content (AvgIpc) is 1.92. The maximum absolute atomic E-state index is 11.1. The molecule has 0 aromatic carbocycles. The predicted octanol–water partition coefficient (Wildman–Crippen LogP) is -0.292. The molecule has 0 radical (unpaired) electrons. The number of hydrogen-bond acceptors (Lipinski definition) is 4. The van der Waals surface area contributed by atoms with Gasteiger partial charge < -0.3 is 0 Å². The van der Waals surface area contributed by atoms with Crippen molar-refractivity contribution < 1.29 is 8.42 Å². The van der Waals surface area contributed by atoms with Gasteiger partial charge in [0.2, 0.25) is 0 Å². The monoisotopic (exact) mass is 208 g/mol. The smallest absolute Gasteiger partial charge is 0.266 e. The molecule has 0 saturated carbocycles. The van der Waals surface area contributed by atoms with E-state index >= 15 is 0 Å². The molecule has 1 aromatic heterocycles. The molecule has 66 valence electrons. The lowest BCUT2D eigenvalue weighted by Gasteiger charge is -1.96. The van der Waals surface area contributed by atoms with Crippen LogP contribution in [0, 0.1) is 0 Å². The largest absolute Gasteiger partial charge is 0.286 e. The number of nitrogens with zero attached hydrogens (tertiary/aromatic N) is 2. The number of hydrogen-bond donors (Lipinski definition) is 0. The molecule has 1 aromatic rings. The van der Waals surface area contributed by atoms with Crippen molar-refractivity contribution in [1.82, 2.24) is 9.78 Å². The second-order valence-corrected chi connectivity index (χ2v) is 4.60. The molecule has 0 aliphatic rings. The summed E-state index contributed by atoms with van der Waals surface area (Å²) in [5.74, 6) is 0. The van der Waals surface area contributed by atoms with Gasteiger partial charge >= 0.3 is 0 Å². The van der Waals surface area contributed by atoms with Crippen LogP contribution in [-0.4, -0.2) is 18.2 Å². The Hall–Kier alpha value is -0.880. The second-order valence-electron chi connectivity index (χ2n) is 2.06. The summed E-state index contributed by atoms with van der Waals surface area (Å²) < 4.78 is 22.4. The summed E-state index contributed by atoms with van der Waals surface area (Å²) in [6.45, 7) is 0. The van der Waals surface area contributed by atoms with Gasteiger partial charge in [-0.25, -0.2) is 13.1 Å². The zero-order valence-electron chi connectivity index (χ0n) is 6.06. The Morgan fingerprint density at radius 2 is 2.17 bits per heavy atom. The van der Waals surface area contributed by atoms with Crippen LogP contribution in [0.2, 0.25) is 0 Å². The van der Waals surface area contributed by atoms with Gasteiger partial charge in [-0.3, -0.25) is 4.79 Å². The Bertz CT molecular complexity index is 450. The van der Waals surface area contributed by atoms with Crippen LogP contribution in [0.1, 0.15) is 0 Å². The molecule has 0 amide bonds. The Kier molecular flexibility index (Phi) is 2.20. The highest BCUT2D eigenvalue weighted by Gasteiger charge is 2.15. The summed E-state index contributed by atoms with van der Waals surface area (Å²) >= 11 is 0. The summed E-state index contributed by atoms with van der Waals surface area (Å²) in [7, 11) is 2.35. The molecule has 0 aliphatic carbocycles. The van der Waals surface area contributed by atoms with Crippen LogP contribution in [0.3, 0.4) is 0 Å². The summed E-state index contributed by atoms with van der Waals surface area (Å²) in [6.07, 6.45) is 1.19. The molecular weight excluding hydrogens is 204 g/mol. The fourth-order valence-electron chi connectivity index (χ4n) is 0.670. The van der Waals surface area contributed by atoms with Crippen LogP contribution in [0.15, 0.2) is 22.0 Å². The van der Waals surface area contributed by atoms with Crippen molar-refractivity contribution in [2.75, 3.05) is 0 Å². The van der Waals surface area contributed by atoms with Gasteiger partial charge in [0, 0.05) is 23.9 Å².